The van der Waals surface area contributed by atoms with Crippen molar-refractivity contribution in [2.24, 2.45) is 0 Å². The molecule has 2 aromatic heterocycles. The van der Waals surface area contributed by atoms with E-state index in [0.717, 1.165) is 28.8 Å². The maximum Gasteiger partial charge on any atom is 0.232 e. The SMILES string of the molecule is CCCS(=O)(=O)Nc1ccc(F)c(C(O)c2c[nH]c3ncc(-c4ccc(C)cc4)cc23)c1F. The monoisotopic (exact) mass is 471 g/mol. The number of benzene rings is 2. The maximum atomic E-state index is 15.2. The van der Waals surface area contributed by atoms with Gasteiger partial charge in [-0.25, -0.2) is 22.2 Å². The van der Waals surface area contributed by atoms with Crippen LogP contribution in [0.5, 0.6) is 0 Å². The molecule has 1 atom stereocenters. The number of halogens is 2. The van der Waals surface area contributed by atoms with Crippen molar-refractivity contribution >= 4 is 26.7 Å². The molecule has 0 aliphatic carbocycles. The lowest BCUT2D eigenvalue weighted by Gasteiger charge is -2.16. The van der Waals surface area contributed by atoms with E-state index in [9.17, 15) is 17.9 Å². The molecule has 0 aliphatic rings. The number of pyridine rings is 1. The molecule has 2 heterocycles. The fraction of sp³-hybridized carbons (Fsp3) is 0.208. The summed E-state index contributed by atoms with van der Waals surface area (Å²) in [5, 5.41) is 11.5. The minimum atomic E-state index is -3.80. The van der Waals surface area contributed by atoms with Crippen molar-refractivity contribution in [2.75, 3.05) is 10.5 Å². The van der Waals surface area contributed by atoms with Crippen molar-refractivity contribution in [1.82, 2.24) is 9.97 Å². The van der Waals surface area contributed by atoms with Crippen molar-refractivity contribution in [3.8, 4) is 11.1 Å². The third-order valence-electron chi connectivity index (χ3n) is 5.38. The van der Waals surface area contributed by atoms with Crippen LogP contribution in [-0.4, -0.2) is 29.2 Å². The normalized spacial score (nSPS) is 12.8. The first kappa shape index (κ1) is 22.9. The molecule has 0 radical (unpaired) electrons. The molecule has 172 valence electrons. The van der Waals surface area contributed by atoms with Crippen molar-refractivity contribution in [3.63, 3.8) is 0 Å². The topological polar surface area (TPSA) is 95.1 Å². The first-order valence-electron chi connectivity index (χ1n) is 10.4. The number of aliphatic hydroxyl groups is 1. The van der Waals surface area contributed by atoms with E-state index < -0.39 is 39.0 Å². The molecular weight excluding hydrogens is 448 g/mol. The summed E-state index contributed by atoms with van der Waals surface area (Å²) in [5.41, 5.74) is 2.38. The number of aromatic amines is 1. The fourth-order valence-electron chi connectivity index (χ4n) is 3.70. The van der Waals surface area contributed by atoms with Crippen LogP contribution < -0.4 is 4.72 Å². The third kappa shape index (κ3) is 4.60. The van der Waals surface area contributed by atoms with E-state index in [1.165, 1.54) is 6.20 Å². The highest BCUT2D eigenvalue weighted by Crippen LogP contribution is 2.35. The van der Waals surface area contributed by atoms with Crippen LogP contribution in [0.1, 0.15) is 36.1 Å². The standard InChI is InChI=1S/C24H23F2N3O3S/c1-3-10-33(31,32)29-20-9-8-19(25)21(22(20)26)23(30)18-13-28-24-17(18)11-16(12-27-24)15-6-4-14(2)5-7-15/h4-9,11-13,23,29-30H,3,10H2,1-2H3,(H,27,28). The Morgan fingerprint density at radius 2 is 1.85 bits per heavy atom. The minimum absolute atomic E-state index is 0.211. The van der Waals surface area contributed by atoms with Crippen molar-refractivity contribution in [2.45, 2.75) is 26.4 Å². The van der Waals surface area contributed by atoms with Gasteiger partial charge in [-0.05, 0) is 37.1 Å². The van der Waals surface area contributed by atoms with Crippen molar-refractivity contribution in [1.29, 1.82) is 0 Å². The van der Waals surface area contributed by atoms with Gasteiger partial charge >= 0.3 is 0 Å². The Hall–Kier alpha value is -3.30. The Kier molecular flexibility index (Phi) is 6.18. The molecule has 33 heavy (non-hydrogen) atoms. The van der Waals surface area contributed by atoms with Crippen LogP contribution in [0, 0.1) is 18.6 Å². The van der Waals surface area contributed by atoms with E-state index >= 15 is 4.39 Å². The van der Waals surface area contributed by atoms with Crippen LogP contribution in [-0.2, 0) is 10.0 Å². The number of aryl methyl sites for hydroxylation is 1. The van der Waals surface area contributed by atoms with Gasteiger partial charge in [0.25, 0.3) is 0 Å². The molecule has 3 N–H and O–H groups in total. The van der Waals surface area contributed by atoms with Gasteiger partial charge in [0.15, 0.2) is 5.82 Å². The summed E-state index contributed by atoms with van der Waals surface area (Å²) in [4.78, 5) is 7.27. The number of aliphatic hydroxyl groups excluding tert-OH is 1. The smallest absolute Gasteiger partial charge is 0.232 e. The highest BCUT2D eigenvalue weighted by Gasteiger charge is 2.26. The van der Waals surface area contributed by atoms with Crippen LogP contribution in [0.3, 0.4) is 0 Å². The second-order valence-corrected chi connectivity index (χ2v) is 9.72. The molecule has 0 saturated carbocycles. The molecule has 2 aromatic carbocycles. The van der Waals surface area contributed by atoms with E-state index in [0.29, 0.717) is 17.5 Å². The zero-order chi connectivity index (χ0) is 23.8. The van der Waals surface area contributed by atoms with Crippen LogP contribution in [0.15, 0.2) is 54.9 Å². The van der Waals surface area contributed by atoms with Gasteiger partial charge in [0.2, 0.25) is 10.0 Å². The largest absolute Gasteiger partial charge is 0.383 e. The van der Waals surface area contributed by atoms with Gasteiger partial charge in [-0.15, -0.1) is 0 Å². The fourth-order valence-corrected chi connectivity index (χ4v) is 4.83. The number of nitrogens with zero attached hydrogens (tertiary/aromatic N) is 1. The van der Waals surface area contributed by atoms with E-state index in [4.69, 9.17) is 0 Å². The number of H-pyrrole nitrogens is 1. The quantitative estimate of drug-likeness (QED) is 0.352. The average Bonchev–Trinajstić information content (AvgIpc) is 3.19. The number of aromatic nitrogens is 2. The van der Waals surface area contributed by atoms with E-state index in [1.54, 1.807) is 19.2 Å². The molecule has 0 spiro atoms. The zero-order valence-corrected chi connectivity index (χ0v) is 18.9. The molecule has 4 aromatic rings. The van der Waals surface area contributed by atoms with Gasteiger partial charge in [-0.3, -0.25) is 4.72 Å². The van der Waals surface area contributed by atoms with Crippen molar-refractivity contribution < 1.29 is 22.3 Å². The van der Waals surface area contributed by atoms with E-state index in [1.807, 2.05) is 31.2 Å². The Morgan fingerprint density at radius 1 is 1.12 bits per heavy atom. The first-order chi connectivity index (χ1) is 15.7. The lowest BCUT2D eigenvalue weighted by atomic mass is 9.98. The highest BCUT2D eigenvalue weighted by atomic mass is 32.2. The second kappa shape index (κ2) is 8.92. The first-order valence-corrected chi connectivity index (χ1v) is 12.1. The summed E-state index contributed by atoms with van der Waals surface area (Å²) >= 11 is 0. The van der Waals surface area contributed by atoms with Gasteiger partial charge in [-0.1, -0.05) is 36.8 Å². The number of sulfonamides is 1. The lowest BCUT2D eigenvalue weighted by molar-refractivity contribution is 0.211. The molecule has 0 aliphatic heterocycles. The van der Waals surface area contributed by atoms with Gasteiger partial charge < -0.3 is 10.1 Å². The van der Waals surface area contributed by atoms with Gasteiger partial charge in [-0.2, -0.15) is 0 Å². The van der Waals surface area contributed by atoms with Crippen LogP contribution in [0.2, 0.25) is 0 Å². The number of hydrogen-bond acceptors (Lipinski definition) is 4. The number of anilines is 1. The Balaban J connectivity index is 1.77. The summed E-state index contributed by atoms with van der Waals surface area (Å²) in [6, 6.07) is 11.5. The van der Waals surface area contributed by atoms with Gasteiger partial charge in [0.05, 0.1) is 17.0 Å². The predicted octanol–water partition coefficient (Wildman–Crippen LogP) is 5.05. The molecule has 4 rings (SSSR count). The number of nitrogens with one attached hydrogen (secondary N) is 2. The summed E-state index contributed by atoms with van der Waals surface area (Å²) in [5.74, 6) is -2.37. The predicted molar refractivity (Wildman–Crippen MR) is 124 cm³/mol. The average molecular weight is 472 g/mol. The molecular formula is C24H23F2N3O3S. The van der Waals surface area contributed by atoms with E-state index in [-0.39, 0.29) is 11.3 Å². The minimum Gasteiger partial charge on any atom is -0.383 e. The van der Waals surface area contributed by atoms with Gasteiger partial charge in [0, 0.05) is 28.9 Å². The van der Waals surface area contributed by atoms with Crippen LogP contribution >= 0.6 is 0 Å². The Labute approximate surface area is 190 Å². The number of hydrogen-bond donors (Lipinski definition) is 3. The summed E-state index contributed by atoms with van der Waals surface area (Å²) in [7, 11) is -3.80. The molecule has 0 saturated heterocycles. The molecule has 9 heteroatoms. The van der Waals surface area contributed by atoms with Crippen LogP contribution in [0.4, 0.5) is 14.5 Å². The number of fused-ring (bicyclic) bond motifs is 1. The summed E-state index contributed by atoms with van der Waals surface area (Å²) in [6.45, 7) is 3.65. The summed E-state index contributed by atoms with van der Waals surface area (Å²) in [6.07, 6.45) is 1.75. The third-order valence-corrected chi connectivity index (χ3v) is 6.86. The second-order valence-electron chi connectivity index (χ2n) is 7.88. The molecule has 0 bridgehead atoms. The van der Waals surface area contributed by atoms with Crippen molar-refractivity contribution in [3.05, 3.63) is 83.2 Å². The molecule has 1 unspecified atom stereocenters. The molecule has 0 amide bonds. The Morgan fingerprint density at radius 3 is 2.55 bits per heavy atom. The summed E-state index contributed by atoms with van der Waals surface area (Å²) < 4.78 is 56.1. The number of rotatable bonds is 7. The maximum absolute atomic E-state index is 15.2. The van der Waals surface area contributed by atoms with Gasteiger partial charge in [0.1, 0.15) is 17.6 Å². The highest BCUT2D eigenvalue weighted by molar-refractivity contribution is 7.92. The molecule has 0 fully saturated rings. The van der Waals surface area contributed by atoms with E-state index in [2.05, 4.69) is 14.7 Å². The molecule has 6 nitrogen and oxygen atoms in total. The van der Waals surface area contributed by atoms with Crippen LogP contribution in [0.25, 0.3) is 22.2 Å². The Bertz CT molecular complexity index is 1420. The zero-order valence-electron chi connectivity index (χ0n) is 18.1. The lowest BCUT2D eigenvalue weighted by Crippen LogP contribution is -2.18.